The number of amides is 3. The van der Waals surface area contributed by atoms with E-state index >= 15 is 0 Å². The summed E-state index contributed by atoms with van der Waals surface area (Å²) in [5, 5.41) is 14.3. The molecule has 3 N–H and O–H groups in total. The number of nitrogens with one attached hydrogen (secondary N) is 2. The fourth-order valence-corrected chi connectivity index (χ4v) is 5.38. The summed E-state index contributed by atoms with van der Waals surface area (Å²) < 4.78 is 4.57. The van der Waals surface area contributed by atoms with Gasteiger partial charge in [0.15, 0.2) is 0 Å². The predicted octanol–water partition coefficient (Wildman–Crippen LogP) is 1.88. The van der Waals surface area contributed by atoms with Crippen LogP contribution in [0.2, 0.25) is 0 Å². The molecule has 1 aromatic carbocycles. The lowest BCUT2D eigenvalue weighted by Gasteiger charge is -2.44. The number of nitrogens with zero attached hydrogens (tertiary/aromatic N) is 1. The molecule has 0 aromatic heterocycles. The SMILES string of the molecule is CC(C)(C)OC(=O)N[C@@H](C(=O)NC1C(=O)N2[C@@H]1SC(C)(C)[C@@H]2C(=O)O)c1ccccc1. The Labute approximate surface area is 184 Å². The van der Waals surface area contributed by atoms with Crippen LogP contribution in [0.3, 0.4) is 0 Å². The highest BCUT2D eigenvalue weighted by Gasteiger charge is 2.64. The number of rotatable bonds is 5. The standard InChI is InChI=1S/C21H27N3O6S/c1-20(2,3)30-19(29)23-12(11-9-7-6-8-10-11)15(25)22-13-16(26)24-14(18(27)28)21(4,5)31-17(13)24/h6-10,12-14,17H,1-5H3,(H,22,25)(H,23,29)(H,27,28)/t12-,13?,14+,17-/m1/s1. The molecule has 1 unspecified atom stereocenters. The van der Waals surface area contributed by atoms with Gasteiger partial charge in [-0.2, -0.15) is 0 Å². The first kappa shape index (κ1) is 22.9. The number of thioether (sulfide) groups is 1. The third-order valence-corrected chi connectivity index (χ3v) is 6.60. The predicted molar refractivity (Wildman–Crippen MR) is 114 cm³/mol. The van der Waals surface area contributed by atoms with Crippen LogP contribution in [0.5, 0.6) is 0 Å². The molecule has 0 bridgehead atoms. The quantitative estimate of drug-likeness (QED) is 0.586. The van der Waals surface area contributed by atoms with Gasteiger partial charge in [0.1, 0.15) is 29.1 Å². The summed E-state index contributed by atoms with van der Waals surface area (Å²) in [6.45, 7) is 8.66. The summed E-state index contributed by atoms with van der Waals surface area (Å²) in [5.41, 5.74) is -0.221. The van der Waals surface area contributed by atoms with Crippen molar-refractivity contribution >= 4 is 35.6 Å². The molecule has 2 fully saturated rings. The molecule has 9 nitrogen and oxygen atoms in total. The number of ether oxygens (including phenoxy) is 1. The van der Waals surface area contributed by atoms with Crippen molar-refractivity contribution in [1.82, 2.24) is 15.5 Å². The van der Waals surface area contributed by atoms with Crippen molar-refractivity contribution in [3.63, 3.8) is 0 Å². The monoisotopic (exact) mass is 449 g/mol. The van der Waals surface area contributed by atoms with Gasteiger partial charge in [-0.05, 0) is 40.2 Å². The van der Waals surface area contributed by atoms with Crippen LogP contribution in [-0.2, 0) is 19.1 Å². The van der Waals surface area contributed by atoms with Crippen LogP contribution in [0.15, 0.2) is 30.3 Å². The maximum absolute atomic E-state index is 13.1. The molecule has 31 heavy (non-hydrogen) atoms. The number of alkyl carbamates (subject to hydrolysis) is 1. The zero-order valence-electron chi connectivity index (χ0n) is 18.0. The maximum Gasteiger partial charge on any atom is 0.408 e. The number of carboxylic acids is 1. The van der Waals surface area contributed by atoms with Gasteiger partial charge in [-0.3, -0.25) is 9.59 Å². The summed E-state index contributed by atoms with van der Waals surface area (Å²) in [7, 11) is 0. The highest BCUT2D eigenvalue weighted by atomic mass is 32.2. The molecule has 0 aliphatic carbocycles. The van der Waals surface area contributed by atoms with Gasteiger partial charge < -0.3 is 25.4 Å². The molecule has 3 rings (SSSR count). The van der Waals surface area contributed by atoms with E-state index in [1.165, 1.54) is 16.7 Å². The molecule has 0 radical (unpaired) electrons. The third kappa shape index (κ3) is 4.63. The fraction of sp³-hybridized carbons (Fsp3) is 0.524. The minimum absolute atomic E-state index is 0.451. The van der Waals surface area contributed by atoms with Crippen molar-refractivity contribution in [3.05, 3.63) is 35.9 Å². The van der Waals surface area contributed by atoms with Crippen LogP contribution in [0.1, 0.15) is 46.2 Å². The molecular formula is C21H27N3O6S. The van der Waals surface area contributed by atoms with Crippen LogP contribution in [0.4, 0.5) is 4.79 Å². The van der Waals surface area contributed by atoms with E-state index in [1.54, 1.807) is 65.0 Å². The smallest absolute Gasteiger partial charge is 0.408 e. The average molecular weight is 450 g/mol. The normalized spacial score (nSPS) is 25.1. The van der Waals surface area contributed by atoms with Gasteiger partial charge in [0.2, 0.25) is 11.8 Å². The Balaban J connectivity index is 1.76. The van der Waals surface area contributed by atoms with Gasteiger partial charge in [0.05, 0.1) is 0 Å². The molecule has 0 spiro atoms. The maximum atomic E-state index is 13.1. The lowest BCUT2D eigenvalue weighted by Crippen LogP contribution is -2.71. The summed E-state index contributed by atoms with van der Waals surface area (Å²) in [4.78, 5) is 51.0. The van der Waals surface area contributed by atoms with Gasteiger partial charge >= 0.3 is 12.1 Å². The van der Waals surface area contributed by atoms with Gasteiger partial charge in [-0.1, -0.05) is 30.3 Å². The van der Waals surface area contributed by atoms with E-state index in [0.717, 1.165) is 0 Å². The molecular weight excluding hydrogens is 422 g/mol. The second-order valence-electron chi connectivity index (χ2n) is 9.07. The molecule has 2 aliphatic heterocycles. The van der Waals surface area contributed by atoms with E-state index < -0.39 is 57.7 Å². The third-order valence-electron chi connectivity index (χ3n) is 5.03. The van der Waals surface area contributed by atoms with Crippen LogP contribution in [0, 0.1) is 0 Å². The van der Waals surface area contributed by atoms with Crippen molar-refractivity contribution in [2.75, 3.05) is 0 Å². The average Bonchev–Trinajstić information content (AvgIpc) is 2.91. The number of carbonyl (C=O) groups is 4. The van der Waals surface area contributed by atoms with Crippen LogP contribution >= 0.6 is 11.8 Å². The van der Waals surface area contributed by atoms with E-state index in [9.17, 15) is 24.3 Å². The van der Waals surface area contributed by atoms with E-state index in [4.69, 9.17) is 4.74 Å². The summed E-state index contributed by atoms with van der Waals surface area (Å²) >= 11 is 1.33. The molecule has 2 saturated heterocycles. The molecule has 2 aliphatic rings. The Kier molecular flexibility index (Phi) is 5.96. The largest absolute Gasteiger partial charge is 0.480 e. The summed E-state index contributed by atoms with van der Waals surface area (Å²) in [6, 6.07) is 5.70. The Morgan fingerprint density at radius 3 is 2.35 bits per heavy atom. The Bertz CT molecular complexity index is 898. The van der Waals surface area contributed by atoms with Crippen molar-refractivity contribution in [3.8, 4) is 0 Å². The topological polar surface area (TPSA) is 125 Å². The lowest BCUT2D eigenvalue weighted by molar-refractivity contribution is -0.161. The van der Waals surface area contributed by atoms with Crippen molar-refractivity contribution in [1.29, 1.82) is 0 Å². The second-order valence-corrected chi connectivity index (χ2v) is 10.8. The highest BCUT2D eigenvalue weighted by molar-refractivity contribution is 8.01. The van der Waals surface area contributed by atoms with Crippen molar-refractivity contribution < 1.29 is 29.0 Å². The number of β-lactam (4-membered cyclic amide) rings is 1. The number of carbonyl (C=O) groups excluding carboxylic acids is 3. The Hall–Kier alpha value is -2.75. The first-order valence-electron chi connectivity index (χ1n) is 9.89. The number of aliphatic carboxylic acids is 1. The minimum Gasteiger partial charge on any atom is -0.480 e. The second kappa shape index (κ2) is 8.07. The van der Waals surface area contributed by atoms with Crippen molar-refractivity contribution in [2.24, 2.45) is 0 Å². The van der Waals surface area contributed by atoms with Crippen LogP contribution in [0.25, 0.3) is 0 Å². The number of hydrogen-bond donors (Lipinski definition) is 3. The van der Waals surface area contributed by atoms with Gasteiger partial charge in [0, 0.05) is 4.75 Å². The zero-order valence-corrected chi connectivity index (χ0v) is 18.9. The van der Waals surface area contributed by atoms with Gasteiger partial charge in [0.25, 0.3) is 0 Å². The van der Waals surface area contributed by atoms with E-state index in [2.05, 4.69) is 10.6 Å². The molecule has 4 atom stereocenters. The molecule has 1 aromatic rings. The summed E-state index contributed by atoms with van der Waals surface area (Å²) in [5.74, 6) is -2.10. The molecule has 0 saturated carbocycles. The number of carboxylic acid groups (broad SMARTS) is 1. The number of fused-ring (bicyclic) bond motifs is 1. The van der Waals surface area contributed by atoms with E-state index in [1.807, 2.05) is 0 Å². The summed E-state index contributed by atoms with van der Waals surface area (Å²) in [6.07, 6.45) is -0.764. The number of benzene rings is 1. The first-order chi connectivity index (χ1) is 14.3. The van der Waals surface area contributed by atoms with Crippen LogP contribution < -0.4 is 10.6 Å². The fourth-order valence-electron chi connectivity index (χ4n) is 3.75. The van der Waals surface area contributed by atoms with Gasteiger partial charge in [-0.15, -0.1) is 11.8 Å². The zero-order chi connectivity index (χ0) is 23.1. The minimum atomic E-state index is -1.08. The molecule has 3 amide bonds. The molecule has 168 valence electrons. The van der Waals surface area contributed by atoms with E-state index in [0.29, 0.717) is 5.56 Å². The number of hydrogen-bond acceptors (Lipinski definition) is 6. The Morgan fingerprint density at radius 1 is 1.19 bits per heavy atom. The Morgan fingerprint density at radius 2 is 1.81 bits per heavy atom. The molecule has 10 heteroatoms. The lowest BCUT2D eigenvalue weighted by atomic mass is 9.95. The molecule has 2 heterocycles. The van der Waals surface area contributed by atoms with Crippen LogP contribution in [-0.4, -0.2) is 61.7 Å². The van der Waals surface area contributed by atoms with Crippen molar-refractivity contribution in [2.45, 2.75) is 68.5 Å². The first-order valence-corrected chi connectivity index (χ1v) is 10.8. The van der Waals surface area contributed by atoms with E-state index in [-0.39, 0.29) is 0 Å². The van der Waals surface area contributed by atoms with Gasteiger partial charge in [-0.25, -0.2) is 9.59 Å². The highest BCUT2D eigenvalue weighted by Crippen LogP contribution is 2.50.